The van der Waals surface area contributed by atoms with Crippen LogP contribution in [0.25, 0.3) is 16.9 Å². The highest BCUT2D eigenvalue weighted by Crippen LogP contribution is 2.37. The van der Waals surface area contributed by atoms with Crippen LogP contribution in [0.5, 0.6) is 0 Å². The lowest BCUT2D eigenvalue weighted by molar-refractivity contribution is -0.147. The van der Waals surface area contributed by atoms with Gasteiger partial charge in [0.15, 0.2) is 6.04 Å². The fourth-order valence-corrected chi connectivity index (χ4v) is 4.62. The summed E-state index contributed by atoms with van der Waals surface area (Å²) in [5.41, 5.74) is 1.27. The van der Waals surface area contributed by atoms with E-state index < -0.39 is 24.1 Å². The quantitative estimate of drug-likeness (QED) is 0.506. The molecule has 1 atom stereocenters. The number of anilines is 1. The maximum absolute atomic E-state index is 13.4. The molecule has 0 spiro atoms. The van der Waals surface area contributed by atoms with E-state index in [2.05, 4.69) is 10.3 Å². The van der Waals surface area contributed by atoms with Gasteiger partial charge in [-0.2, -0.15) is 0 Å². The Balaban J connectivity index is 2.01. The number of esters is 2. The number of methoxy groups -OCH3 is 1. The van der Waals surface area contributed by atoms with Gasteiger partial charge < -0.3 is 19.5 Å². The van der Waals surface area contributed by atoms with Gasteiger partial charge in [0.05, 0.1) is 31.4 Å². The number of hydrogen-bond acceptors (Lipinski definition) is 8. The van der Waals surface area contributed by atoms with Crippen LogP contribution in [-0.2, 0) is 23.8 Å². The summed E-state index contributed by atoms with van der Waals surface area (Å²) < 4.78 is 17.4. The Morgan fingerprint density at radius 1 is 1.06 bits per heavy atom. The lowest BCUT2D eigenvalue weighted by atomic mass is 9.95. The maximum Gasteiger partial charge on any atom is 0.417 e. The first kappa shape index (κ1) is 23.6. The summed E-state index contributed by atoms with van der Waals surface area (Å²) in [5.74, 6) is -0.932. The van der Waals surface area contributed by atoms with Gasteiger partial charge in [-0.05, 0) is 38.8 Å². The number of para-hydroxylation sites is 2. The molecule has 1 aromatic carbocycles. The largest absolute Gasteiger partial charge is 0.464 e. The summed E-state index contributed by atoms with van der Waals surface area (Å²) in [6, 6.07) is 6.00. The van der Waals surface area contributed by atoms with Crippen LogP contribution in [0.15, 0.2) is 29.8 Å². The molecule has 0 radical (unpaired) electrons. The summed E-state index contributed by atoms with van der Waals surface area (Å²) >= 11 is 0. The number of hydrogen-bond donors (Lipinski definition) is 1. The molecule has 0 saturated heterocycles. The molecule has 10 heteroatoms. The summed E-state index contributed by atoms with van der Waals surface area (Å²) in [5, 5.41) is 3.50. The average molecular weight is 471 g/mol. The van der Waals surface area contributed by atoms with E-state index in [0.717, 1.165) is 37.0 Å². The number of carbonyl (C=O) groups excluding carboxylic acids is 3. The summed E-state index contributed by atoms with van der Waals surface area (Å²) in [4.78, 5) is 45.3. The number of ether oxygens (including phenoxy) is 3. The molecule has 1 N–H and O–H groups in total. The Morgan fingerprint density at radius 2 is 1.76 bits per heavy atom. The molecule has 10 nitrogen and oxygen atoms in total. The number of rotatable bonds is 6. The molecule has 1 aromatic heterocycles. The van der Waals surface area contributed by atoms with Crippen LogP contribution in [0.1, 0.15) is 46.0 Å². The van der Waals surface area contributed by atoms with Gasteiger partial charge in [-0.15, -0.1) is 0 Å². The number of amides is 1. The Morgan fingerprint density at radius 3 is 2.44 bits per heavy atom. The van der Waals surface area contributed by atoms with Crippen LogP contribution in [0.4, 0.5) is 10.7 Å². The number of benzene rings is 1. The molecule has 182 valence electrons. The number of nitrogens with one attached hydrogen (secondary N) is 1. The standard InChI is InChI=1S/C24H30N4O6/c1-4-33-21(29)18-19(22(30)34-5-2)28(24(31)32-3)23-26-16-13-9-10-14-17(16)27(23)20(18)25-15-11-7-6-8-12-15/h9-10,13-15,19,25H,4-8,11-12H2,1-3H3. The first-order valence-electron chi connectivity index (χ1n) is 11.7. The van der Waals surface area contributed by atoms with Gasteiger partial charge in [0.1, 0.15) is 11.4 Å². The van der Waals surface area contributed by atoms with E-state index in [1.54, 1.807) is 24.5 Å². The minimum atomic E-state index is -1.41. The second kappa shape index (κ2) is 10.1. The predicted octanol–water partition coefficient (Wildman–Crippen LogP) is 3.21. The van der Waals surface area contributed by atoms with Crippen LogP contribution in [0.2, 0.25) is 0 Å². The molecule has 4 rings (SSSR count). The Bertz CT molecular complexity index is 1120. The van der Waals surface area contributed by atoms with Crippen molar-refractivity contribution in [1.29, 1.82) is 0 Å². The predicted molar refractivity (Wildman–Crippen MR) is 125 cm³/mol. The number of imidazole rings is 1. The van der Waals surface area contributed by atoms with Crippen molar-refractivity contribution in [3.8, 4) is 0 Å². The topological polar surface area (TPSA) is 112 Å². The molecule has 2 heterocycles. The van der Waals surface area contributed by atoms with Crippen LogP contribution in [0.3, 0.4) is 0 Å². The lowest BCUT2D eigenvalue weighted by Gasteiger charge is -2.37. The molecule has 1 saturated carbocycles. The first-order chi connectivity index (χ1) is 16.5. The van der Waals surface area contributed by atoms with Gasteiger partial charge >= 0.3 is 18.0 Å². The van der Waals surface area contributed by atoms with Crippen LogP contribution < -0.4 is 10.2 Å². The van der Waals surface area contributed by atoms with Gasteiger partial charge in [-0.25, -0.2) is 24.3 Å². The summed E-state index contributed by atoms with van der Waals surface area (Å²) in [7, 11) is 1.21. The number of fused-ring (bicyclic) bond motifs is 3. The van der Waals surface area contributed by atoms with E-state index >= 15 is 0 Å². The fourth-order valence-electron chi connectivity index (χ4n) is 4.62. The van der Waals surface area contributed by atoms with E-state index in [9.17, 15) is 14.4 Å². The number of aromatic nitrogens is 2. The Kier molecular flexibility index (Phi) is 7.04. The Labute approximate surface area is 197 Å². The zero-order valence-corrected chi connectivity index (χ0v) is 19.7. The molecule has 2 aliphatic rings. The van der Waals surface area contributed by atoms with E-state index in [1.807, 2.05) is 18.2 Å². The highest BCUT2D eigenvalue weighted by molar-refractivity contribution is 6.11. The maximum atomic E-state index is 13.4. The Hall–Kier alpha value is -3.56. The second-order valence-electron chi connectivity index (χ2n) is 8.19. The van der Waals surface area contributed by atoms with Gasteiger partial charge in [0.25, 0.3) is 0 Å². The third-order valence-electron chi connectivity index (χ3n) is 6.09. The summed E-state index contributed by atoms with van der Waals surface area (Å²) in [6.45, 7) is 3.52. The number of nitrogens with zero attached hydrogens (tertiary/aromatic N) is 3. The molecular formula is C24H30N4O6. The minimum absolute atomic E-state index is 0.00748. The van der Waals surface area contributed by atoms with E-state index in [0.29, 0.717) is 16.9 Å². The van der Waals surface area contributed by atoms with Crippen molar-refractivity contribution in [1.82, 2.24) is 14.9 Å². The normalized spacial score (nSPS) is 18.4. The molecular weight excluding hydrogens is 440 g/mol. The number of carbonyl (C=O) groups is 3. The van der Waals surface area contributed by atoms with Crippen molar-refractivity contribution < 1.29 is 28.6 Å². The zero-order valence-electron chi connectivity index (χ0n) is 19.7. The molecule has 2 aromatic rings. The molecule has 1 unspecified atom stereocenters. The molecule has 1 fully saturated rings. The van der Waals surface area contributed by atoms with Crippen LogP contribution in [-0.4, -0.2) is 60.0 Å². The second-order valence-corrected chi connectivity index (χ2v) is 8.19. The van der Waals surface area contributed by atoms with E-state index in [1.165, 1.54) is 7.11 Å². The van der Waals surface area contributed by atoms with E-state index in [-0.39, 0.29) is 30.8 Å². The van der Waals surface area contributed by atoms with Gasteiger partial charge in [-0.3, -0.25) is 4.57 Å². The fraction of sp³-hybridized carbons (Fsp3) is 0.500. The van der Waals surface area contributed by atoms with Gasteiger partial charge in [-0.1, -0.05) is 31.4 Å². The van der Waals surface area contributed by atoms with Crippen molar-refractivity contribution >= 4 is 40.8 Å². The third-order valence-corrected chi connectivity index (χ3v) is 6.09. The molecule has 1 amide bonds. The highest BCUT2D eigenvalue weighted by Gasteiger charge is 2.48. The van der Waals surface area contributed by atoms with E-state index in [4.69, 9.17) is 14.2 Å². The molecule has 1 aliphatic carbocycles. The van der Waals surface area contributed by atoms with Crippen molar-refractivity contribution in [2.45, 2.75) is 58.0 Å². The zero-order chi connectivity index (χ0) is 24.2. The third kappa shape index (κ3) is 4.20. The molecule has 34 heavy (non-hydrogen) atoms. The van der Waals surface area contributed by atoms with Gasteiger partial charge in [0.2, 0.25) is 5.95 Å². The van der Waals surface area contributed by atoms with Gasteiger partial charge in [0, 0.05) is 6.04 Å². The monoisotopic (exact) mass is 470 g/mol. The highest BCUT2D eigenvalue weighted by atomic mass is 16.6. The average Bonchev–Trinajstić information content (AvgIpc) is 3.23. The lowest BCUT2D eigenvalue weighted by Crippen LogP contribution is -2.54. The SMILES string of the molecule is CCOC(=O)C1=C(NC2CCCCC2)n2c(nc3ccccc32)N(C(=O)OC)C1C(=O)OCC. The van der Waals surface area contributed by atoms with Crippen molar-refractivity contribution in [3.05, 3.63) is 29.8 Å². The first-order valence-corrected chi connectivity index (χ1v) is 11.7. The van der Waals surface area contributed by atoms with Crippen LogP contribution in [0, 0.1) is 0 Å². The molecule has 1 aliphatic heterocycles. The van der Waals surface area contributed by atoms with Crippen LogP contribution >= 0.6 is 0 Å². The van der Waals surface area contributed by atoms with Crippen molar-refractivity contribution in [2.75, 3.05) is 25.2 Å². The van der Waals surface area contributed by atoms with Crippen molar-refractivity contribution in [2.24, 2.45) is 0 Å². The molecule has 0 bridgehead atoms. The summed E-state index contributed by atoms with van der Waals surface area (Å²) in [6.07, 6.45) is 4.29. The minimum Gasteiger partial charge on any atom is -0.464 e. The van der Waals surface area contributed by atoms with Crippen molar-refractivity contribution in [3.63, 3.8) is 0 Å². The smallest absolute Gasteiger partial charge is 0.417 e.